The molecule has 5 nitrogen and oxygen atoms in total. The molecule has 0 unspecified atom stereocenters. The number of carbonyl (C=O) groups is 1. The Balaban J connectivity index is 2.09. The molecule has 2 rings (SSSR count). The summed E-state index contributed by atoms with van der Waals surface area (Å²) < 4.78 is 0. The number of benzene rings is 1. The largest absolute Gasteiger partial charge is 0.366 e. The molecule has 1 fully saturated rings. The fourth-order valence-electron chi connectivity index (χ4n) is 2.45. The van der Waals surface area contributed by atoms with Crippen LogP contribution in [0.2, 0.25) is 0 Å². The Kier molecular flexibility index (Phi) is 5.00. The maximum absolute atomic E-state index is 11.1. The van der Waals surface area contributed by atoms with E-state index >= 15 is 0 Å². The van der Waals surface area contributed by atoms with Crippen molar-refractivity contribution in [1.82, 2.24) is 0 Å². The number of rotatable bonds is 5. The molecular formula is C14H18N2O3S. The summed E-state index contributed by atoms with van der Waals surface area (Å²) in [5, 5.41) is 11.7. The Bertz CT molecular complexity index is 513. The summed E-state index contributed by atoms with van der Waals surface area (Å²) in [6.45, 7) is 0. The molecule has 1 aliphatic rings. The summed E-state index contributed by atoms with van der Waals surface area (Å²) in [6, 6.07) is 4.49. The molecule has 0 heterocycles. The monoisotopic (exact) mass is 294 g/mol. The lowest BCUT2D eigenvalue weighted by molar-refractivity contribution is -0.385. The molecule has 0 aromatic heterocycles. The van der Waals surface area contributed by atoms with Gasteiger partial charge in [0.1, 0.15) is 0 Å². The minimum atomic E-state index is -0.639. The van der Waals surface area contributed by atoms with Crippen molar-refractivity contribution in [2.75, 3.05) is 0 Å². The molecule has 1 aliphatic carbocycles. The van der Waals surface area contributed by atoms with E-state index in [0.29, 0.717) is 16.6 Å². The maximum atomic E-state index is 11.1. The average Bonchev–Trinajstić information content (AvgIpc) is 2.45. The van der Waals surface area contributed by atoms with E-state index in [1.54, 1.807) is 23.9 Å². The number of nitro benzene ring substituents is 1. The van der Waals surface area contributed by atoms with E-state index in [4.69, 9.17) is 5.73 Å². The fourth-order valence-corrected chi connectivity index (χ4v) is 3.77. The number of hydrogen-bond acceptors (Lipinski definition) is 4. The zero-order valence-corrected chi connectivity index (χ0v) is 12.0. The molecule has 6 heteroatoms. The van der Waals surface area contributed by atoms with E-state index in [-0.39, 0.29) is 11.3 Å². The smallest absolute Gasteiger partial charge is 0.274 e. The third kappa shape index (κ3) is 3.72. The van der Waals surface area contributed by atoms with Gasteiger partial charge in [-0.15, -0.1) is 0 Å². The van der Waals surface area contributed by atoms with Crippen molar-refractivity contribution in [3.8, 4) is 0 Å². The summed E-state index contributed by atoms with van der Waals surface area (Å²) >= 11 is 1.78. The number of nitrogens with zero attached hydrogens (tertiary/aromatic N) is 1. The lowest BCUT2D eigenvalue weighted by atomic mass is 10.0. The van der Waals surface area contributed by atoms with E-state index in [0.717, 1.165) is 0 Å². The summed E-state index contributed by atoms with van der Waals surface area (Å²) in [6.07, 6.45) is 6.18. The van der Waals surface area contributed by atoms with Crippen LogP contribution in [0.1, 0.15) is 48.0 Å². The number of primary amides is 1. The van der Waals surface area contributed by atoms with Crippen LogP contribution in [0.3, 0.4) is 0 Å². The second-order valence-corrected chi connectivity index (χ2v) is 6.32. The first-order chi connectivity index (χ1) is 9.58. The van der Waals surface area contributed by atoms with Crippen LogP contribution in [0.4, 0.5) is 5.69 Å². The molecule has 2 N–H and O–H groups in total. The second kappa shape index (κ2) is 6.74. The van der Waals surface area contributed by atoms with Gasteiger partial charge in [-0.1, -0.05) is 25.3 Å². The van der Waals surface area contributed by atoms with Crippen molar-refractivity contribution in [3.63, 3.8) is 0 Å². The number of nitrogens with two attached hydrogens (primary N) is 1. The summed E-state index contributed by atoms with van der Waals surface area (Å²) in [7, 11) is 0. The highest BCUT2D eigenvalue weighted by atomic mass is 32.2. The molecule has 0 saturated heterocycles. The van der Waals surface area contributed by atoms with Gasteiger partial charge in [-0.2, -0.15) is 11.8 Å². The number of thioether (sulfide) groups is 1. The first kappa shape index (κ1) is 14.8. The molecule has 108 valence electrons. The van der Waals surface area contributed by atoms with Crippen molar-refractivity contribution in [2.24, 2.45) is 5.73 Å². The third-order valence-electron chi connectivity index (χ3n) is 3.59. The third-order valence-corrected chi connectivity index (χ3v) is 5.01. The number of carbonyl (C=O) groups excluding carboxylic acids is 1. The van der Waals surface area contributed by atoms with Crippen LogP contribution >= 0.6 is 11.8 Å². The zero-order chi connectivity index (χ0) is 14.5. The fraction of sp³-hybridized carbons (Fsp3) is 0.500. The van der Waals surface area contributed by atoms with Crippen LogP contribution in [0.5, 0.6) is 0 Å². The van der Waals surface area contributed by atoms with Gasteiger partial charge in [0.2, 0.25) is 5.91 Å². The minimum absolute atomic E-state index is 0.00962. The molecule has 0 radical (unpaired) electrons. The summed E-state index contributed by atoms with van der Waals surface area (Å²) in [5.41, 5.74) is 5.99. The van der Waals surface area contributed by atoms with Crippen molar-refractivity contribution in [3.05, 3.63) is 39.4 Å². The van der Waals surface area contributed by atoms with Gasteiger partial charge in [0.15, 0.2) is 0 Å². The van der Waals surface area contributed by atoms with Crippen molar-refractivity contribution < 1.29 is 9.72 Å². The van der Waals surface area contributed by atoms with Crippen LogP contribution < -0.4 is 5.73 Å². The summed E-state index contributed by atoms with van der Waals surface area (Å²) in [4.78, 5) is 21.7. The highest BCUT2D eigenvalue weighted by Crippen LogP contribution is 2.33. The molecule has 0 bridgehead atoms. The first-order valence-corrected chi connectivity index (χ1v) is 7.81. The molecular weight excluding hydrogens is 276 g/mol. The van der Waals surface area contributed by atoms with E-state index in [1.165, 1.54) is 38.2 Å². The van der Waals surface area contributed by atoms with Gasteiger partial charge in [0.05, 0.1) is 4.92 Å². The quantitative estimate of drug-likeness (QED) is 0.667. The maximum Gasteiger partial charge on any atom is 0.274 e. The van der Waals surface area contributed by atoms with Crippen LogP contribution in [0.25, 0.3) is 0 Å². The van der Waals surface area contributed by atoms with Crippen LogP contribution in [0, 0.1) is 10.1 Å². The topological polar surface area (TPSA) is 86.2 Å². The number of hydrogen-bond donors (Lipinski definition) is 1. The normalized spacial score (nSPS) is 16.0. The van der Waals surface area contributed by atoms with E-state index in [2.05, 4.69) is 0 Å². The predicted octanol–water partition coefficient (Wildman–Crippen LogP) is 3.26. The van der Waals surface area contributed by atoms with Gasteiger partial charge in [0.25, 0.3) is 5.69 Å². The van der Waals surface area contributed by atoms with Gasteiger partial charge in [-0.05, 0) is 18.9 Å². The highest BCUT2D eigenvalue weighted by molar-refractivity contribution is 7.99. The Morgan fingerprint density at radius 3 is 2.65 bits per heavy atom. The Hall–Kier alpha value is -1.56. The Morgan fingerprint density at radius 1 is 1.35 bits per heavy atom. The molecule has 1 saturated carbocycles. The molecule has 1 aromatic rings. The first-order valence-electron chi connectivity index (χ1n) is 6.76. The standard InChI is InChI=1S/C14H18N2O3S/c15-14(17)10-6-7-11(13(8-10)16(18)19)9-20-12-4-2-1-3-5-12/h6-8,12H,1-5,9H2,(H2,15,17). The van der Waals surface area contributed by atoms with Crippen molar-refractivity contribution >= 4 is 23.4 Å². The molecule has 1 amide bonds. The van der Waals surface area contributed by atoms with Gasteiger partial charge in [-0.25, -0.2) is 0 Å². The lowest BCUT2D eigenvalue weighted by Gasteiger charge is -2.20. The van der Waals surface area contributed by atoms with Gasteiger partial charge in [0, 0.05) is 28.2 Å². The minimum Gasteiger partial charge on any atom is -0.366 e. The number of amides is 1. The van der Waals surface area contributed by atoms with E-state index in [9.17, 15) is 14.9 Å². The van der Waals surface area contributed by atoms with Crippen molar-refractivity contribution in [2.45, 2.75) is 43.1 Å². The second-order valence-electron chi connectivity index (χ2n) is 5.04. The van der Waals surface area contributed by atoms with Gasteiger partial charge < -0.3 is 5.73 Å². The molecule has 0 spiro atoms. The van der Waals surface area contributed by atoms with Crippen LogP contribution in [-0.2, 0) is 5.75 Å². The van der Waals surface area contributed by atoms with Gasteiger partial charge >= 0.3 is 0 Å². The molecule has 0 atom stereocenters. The van der Waals surface area contributed by atoms with E-state index in [1.807, 2.05) is 0 Å². The Labute approximate surface area is 122 Å². The highest BCUT2D eigenvalue weighted by Gasteiger charge is 2.19. The van der Waals surface area contributed by atoms with E-state index < -0.39 is 10.8 Å². The van der Waals surface area contributed by atoms with Crippen LogP contribution in [-0.4, -0.2) is 16.1 Å². The van der Waals surface area contributed by atoms with Gasteiger partial charge in [-0.3, -0.25) is 14.9 Å². The molecule has 1 aromatic carbocycles. The Morgan fingerprint density at radius 2 is 2.05 bits per heavy atom. The number of nitro groups is 1. The summed E-state index contributed by atoms with van der Waals surface area (Å²) in [5.74, 6) is -0.0281. The van der Waals surface area contributed by atoms with Crippen molar-refractivity contribution in [1.29, 1.82) is 0 Å². The predicted molar refractivity (Wildman–Crippen MR) is 79.8 cm³/mol. The van der Waals surface area contributed by atoms with Crippen LogP contribution in [0.15, 0.2) is 18.2 Å². The molecule has 0 aliphatic heterocycles. The average molecular weight is 294 g/mol. The lowest BCUT2D eigenvalue weighted by Crippen LogP contribution is -2.12. The molecule has 20 heavy (non-hydrogen) atoms. The SMILES string of the molecule is NC(=O)c1ccc(CSC2CCCCC2)c([N+](=O)[O-])c1. The zero-order valence-electron chi connectivity index (χ0n) is 11.2.